The molecule has 2 nitrogen and oxygen atoms in total. The summed E-state index contributed by atoms with van der Waals surface area (Å²) in [7, 11) is 0. The SMILES string of the molecule is Cc1ccccc1CC(=O)CC(CN)CC(C)C. The van der Waals surface area contributed by atoms with E-state index < -0.39 is 0 Å². The summed E-state index contributed by atoms with van der Waals surface area (Å²) >= 11 is 0. The summed E-state index contributed by atoms with van der Waals surface area (Å²) in [4.78, 5) is 12.1. The van der Waals surface area contributed by atoms with Crippen LogP contribution in [-0.4, -0.2) is 12.3 Å². The van der Waals surface area contributed by atoms with Gasteiger partial charge in [0.1, 0.15) is 5.78 Å². The Labute approximate surface area is 111 Å². The zero-order valence-electron chi connectivity index (χ0n) is 11.8. The third kappa shape index (κ3) is 5.01. The van der Waals surface area contributed by atoms with Gasteiger partial charge in [-0.25, -0.2) is 0 Å². The smallest absolute Gasteiger partial charge is 0.137 e. The van der Waals surface area contributed by atoms with Gasteiger partial charge in [-0.15, -0.1) is 0 Å². The molecule has 0 fully saturated rings. The molecule has 0 aliphatic rings. The minimum Gasteiger partial charge on any atom is -0.330 e. The van der Waals surface area contributed by atoms with E-state index in [1.165, 1.54) is 5.56 Å². The molecule has 2 N–H and O–H groups in total. The van der Waals surface area contributed by atoms with Crippen LogP contribution in [0.2, 0.25) is 0 Å². The summed E-state index contributed by atoms with van der Waals surface area (Å²) in [5.41, 5.74) is 8.08. The van der Waals surface area contributed by atoms with Crippen molar-refractivity contribution in [3.63, 3.8) is 0 Å². The second-order valence-corrected chi connectivity index (χ2v) is 5.58. The molecule has 0 heterocycles. The molecule has 0 saturated heterocycles. The first-order valence-electron chi connectivity index (χ1n) is 6.79. The number of hydrogen-bond donors (Lipinski definition) is 1. The summed E-state index contributed by atoms with van der Waals surface area (Å²) in [6.07, 6.45) is 2.19. The highest BCUT2D eigenvalue weighted by Crippen LogP contribution is 2.17. The Balaban J connectivity index is 2.53. The number of carbonyl (C=O) groups excluding carboxylic acids is 1. The molecule has 0 spiro atoms. The Morgan fingerprint density at radius 1 is 1.28 bits per heavy atom. The molecule has 0 bridgehead atoms. The van der Waals surface area contributed by atoms with Crippen LogP contribution in [0.15, 0.2) is 24.3 Å². The Morgan fingerprint density at radius 2 is 1.94 bits per heavy atom. The van der Waals surface area contributed by atoms with Crippen molar-refractivity contribution in [3.05, 3.63) is 35.4 Å². The van der Waals surface area contributed by atoms with E-state index in [4.69, 9.17) is 5.73 Å². The van der Waals surface area contributed by atoms with E-state index in [0.717, 1.165) is 12.0 Å². The van der Waals surface area contributed by atoms with Crippen LogP contribution in [0.1, 0.15) is 37.8 Å². The maximum atomic E-state index is 12.1. The molecular weight excluding hydrogens is 222 g/mol. The molecule has 1 rings (SSSR count). The van der Waals surface area contributed by atoms with Crippen molar-refractivity contribution >= 4 is 5.78 Å². The molecular formula is C16H25NO. The molecule has 0 radical (unpaired) electrons. The van der Waals surface area contributed by atoms with Crippen molar-refractivity contribution in [1.82, 2.24) is 0 Å². The van der Waals surface area contributed by atoms with Crippen LogP contribution >= 0.6 is 0 Å². The van der Waals surface area contributed by atoms with Gasteiger partial charge in [-0.1, -0.05) is 38.1 Å². The van der Waals surface area contributed by atoms with E-state index in [2.05, 4.69) is 26.8 Å². The lowest BCUT2D eigenvalue weighted by molar-refractivity contribution is -0.119. The molecule has 1 aromatic carbocycles. The fourth-order valence-electron chi connectivity index (χ4n) is 2.34. The molecule has 0 saturated carbocycles. The maximum Gasteiger partial charge on any atom is 0.137 e. The highest BCUT2D eigenvalue weighted by atomic mass is 16.1. The Morgan fingerprint density at radius 3 is 2.50 bits per heavy atom. The van der Waals surface area contributed by atoms with E-state index >= 15 is 0 Å². The van der Waals surface area contributed by atoms with Crippen LogP contribution in [0.5, 0.6) is 0 Å². The molecule has 0 aliphatic heterocycles. The first-order chi connectivity index (χ1) is 8.52. The minimum absolute atomic E-state index is 0.306. The van der Waals surface area contributed by atoms with Crippen LogP contribution in [-0.2, 0) is 11.2 Å². The van der Waals surface area contributed by atoms with Gasteiger partial charge in [-0.05, 0) is 42.9 Å². The molecule has 2 heteroatoms. The van der Waals surface area contributed by atoms with E-state index in [1.807, 2.05) is 18.2 Å². The largest absolute Gasteiger partial charge is 0.330 e. The number of aryl methyl sites for hydroxylation is 1. The quantitative estimate of drug-likeness (QED) is 0.804. The van der Waals surface area contributed by atoms with Crippen molar-refractivity contribution < 1.29 is 4.79 Å². The molecule has 1 atom stereocenters. The third-order valence-corrected chi connectivity index (χ3v) is 3.30. The standard InChI is InChI=1S/C16H25NO/c1-12(2)8-14(11-17)9-16(18)10-15-7-5-4-6-13(15)3/h4-7,12,14H,8-11,17H2,1-3H3. The summed E-state index contributed by atoms with van der Waals surface area (Å²) in [6.45, 7) is 7.01. The van der Waals surface area contributed by atoms with Gasteiger partial charge in [0.2, 0.25) is 0 Å². The first-order valence-corrected chi connectivity index (χ1v) is 6.79. The number of hydrogen-bond acceptors (Lipinski definition) is 2. The van der Waals surface area contributed by atoms with Crippen LogP contribution in [0, 0.1) is 18.8 Å². The summed E-state index contributed by atoms with van der Waals surface area (Å²) in [5.74, 6) is 1.24. The van der Waals surface area contributed by atoms with E-state index in [-0.39, 0.29) is 0 Å². The van der Waals surface area contributed by atoms with Crippen LogP contribution in [0.4, 0.5) is 0 Å². The highest BCUT2D eigenvalue weighted by molar-refractivity contribution is 5.81. The zero-order chi connectivity index (χ0) is 13.5. The lowest BCUT2D eigenvalue weighted by Crippen LogP contribution is -2.21. The van der Waals surface area contributed by atoms with Gasteiger partial charge in [-0.2, -0.15) is 0 Å². The van der Waals surface area contributed by atoms with Crippen molar-refractivity contribution in [3.8, 4) is 0 Å². The lowest BCUT2D eigenvalue weighted by Gasteiger charge is -2.16. The summed E-state index contributed by atoms with van der Waals surface area (Å²) in [5, 5.41) is 0. The Bertz CT molecular complexity index is 384. The topological polar surface area (TPSA) is 43.1 Å². The predicted molar refractivity (Wildman–Crippen MR) is 76.5 cm³/mol. The van der Waals surface area contributed by atoms with Crippen LogP contribution in [0.25, 0.3) is 0 Å². The van der Waals surface area contributed by atoms with E-state index in [1.54, 1.807) is 0 Å². The van der Waals surface area contributed by atoms with Crippen molar-refractivity contribution in [2.75, 3.05) is 6.54 Å². The molecule has 0 amide bonds. The summed E-state index contributed by atoms with van der Waals surface area (Å²) < 4.78 is 0. The number of Topliss-reactive ketones (excluding diaryl/α,β-unsaturated/α-hetero) is 1. The van der Waals surface area contributed by atoms with Gasteiger partial charge in [0.05, 0.1) is 0 Å². The Hall–Kier alpha value is -1.15. The minimum atomic E-state index is 0.306. The lowest BCUT2D eigenvalue weighted by atomic mass is 9.90. The maximum absolute atomic E-state index is 12.1. The van der Waals surface area contributed by atoms with Crippen LogP contribution < -0.4 is 5.73 Å². The average molecular weight is 247 g/mol. The van der Waals surface area contributed by atoms with Gasteiger partial charge >= 0.3 is 0 Å². The van der Waals surface area contributed by atoms with E-state index in [0.29, 0.717) is 37.0 Å². The van der Waals surface area contributed by atoms with Gasteiger partial charge < -0.3 is 5.73 Å². The van der Waals surface area contributed by atoms with Crippen molar-refractivity contribution in [1.29, 1.82) is 0 Å². The third-order valence-electron chi connectivity index (χ3n) is 3.30. The number of ketones is 1. The normalized spacial score (nSPS) is 12.7. The second-order valence-electron chi connectivity index (χ2n) is 5.58. The fraction of sp³-hybridized carbons (Fsp3) is 0.562. The number of carbonyl (C=O) groups is 1. The predicted octanol–water partition coefficient (Wildman–Crippen LogP) is 3.12. The molecule has 1 aromatic rings. The van der Waals surface area contributed by atoms with Gasteiger partial charge in [-0.3, -0.25) is 4.79 Å². The molecule has 0 aromatic heterocycles. The molecule has 0 aliphatic carbocycles. The van der Waals surface area contributed by atoms with Crippen molar-refractivity contribution in [2.24, 2.45) is 17.6 Å². The van der Waals surface area contributed by atoms with Gasteiger partial charge in [0.25, 0.3) is 0 Å². The average Bonchev–Trinajstić information content (AvgIpc) is 2.30. The van der Waals surface area contributed by atoms with Gasteiger partial charge in [0.15, 0.2) is 0 Å². The number of benzene rings is 1. The first kappa shape index (κ1) is 14.9. The van der Waals surface area contributed by atoms with Gasteiger partial charge in [0, 0.05) is 12.8 Å². The Kier molecular flexibility index (Phi) is 6.06. The summed E-state index contributed by atoms with van der Waals surface area (Å²) in [6, 6.07) is 8.08. The number of nitrogens with two attached hydrogens (primary N) is 1. The fourth-order valence-corrected chi connectivity index (χ4v) is 2.34. The second kappa shape index (κ2) is 7.32. The monoisotopic (exact) mass is 247 g/mol. The highest BCUT2D eigenvalue weighted by Gasteiger charge is 2.14. The number of rotatable bonds is 7. The van der Waals surface area contributed by atoms with E-state index in [9.17, 15) is 4.79 Å². The van der Waals surface area contributed by atoms with Crippen molar-refractivity contribution in [2.45, 2.75) is 40.0 Å². The van der Waals surface area contributed by atoms with Crippen LogP contribution in [0.3, 0.4) is 0 Å². The zero-order valence-corrected chi connectivity index (χ0v) is 11.8. The molecule has 1 unspecified atom stereocenters. The molecule has 100 valence electrons. The molecule has 18 heavy (non-hydrogen) atoms.